The van der Waals surface area contributed by atoms with Gasteiger partial charge in [0.2, 0.25) is 0 Å². The number of nitrogens with zero attached hydrogens (tertiary/aromatic N) is 1. The van der Waals surface area contributed by atoms with Crippen LogP contribution in [0.5, 0.6) is 0 Å². The molecule has 0 radical (unpaired) electrons. The lowest BCUT2D eigenvalue weighted by atomic mass is 9.59. The fourth-order valence-electron chi connectivity index (χ4n) is 12.4. The zero-order valence-corrected chi connectivity index (χ0v) is 31.8. The van der Waals surface area contributed by atoms with E-state index in [1.165, 1.54) is 92.8 Å². The summed E-state index contributed by atoms with van der Waals surface area (Å²) in [6.07, 6.45) is 5.65. The first kappa shape index (κ1) is 31.6. The van der Waals surface area contributed by atoms with Gasteiger partial charge in [0.25, 0.3) is 0 Å². The maximum atomic E-state index is 2.58. The van der Waals surface area contributed by atoms with Gasteiger partial charge in [-0.15, -0.1) is 0 Å². The van der Waals surface area contributed by atoms with E-state index in [4.69, 9.17) is 0 Å². The van der Waals surface area contributed by atoms with Crippen LogP contribution in [0.1, 0.15) is 88.1 Å². The van der Waals surface area contributed by atoms with E-state index in [1.807, 2.05) is 0 Å². The second-order valence-corrected chi connectivity index (χ2v) is 18.6. The van der Waals surface area contributed by atoms with Crippen LogP contribution in [-0.4, -0.2) is 0 Å². The minimum atomic E-state index is -0.0677. The number of rotatable bonds is 4. The third-order valence-electron chi connectivity index (χ3n) is 14.6. The van der Waals surface area contributed by atoms with Crippen LogP contribution in [0.3, 0.4) is 0 Å². The number of benzene rings is 6. The molecule has 0 heterocycles. The van der Waals surface area contributed by atoms with Crippen molar-refractivity contribution >= 4 is 17.1 Å². The largest absolute Gasteiger partial charge is 0.310 e. The van der Waals surface area contributed by atoms with Crippen LogP contribution in [-0.2, 0) is 16.2 Å². The first-order valence-corrected chi connectivity index (χ1v) is 20.1. The summed E-state index contributed by atoms with van der Waals surface area (Å²) >= 11 is 0. The van der Waals surface area contributed by atoms with Gasteiger partial charge in [0.1, 0.15) is 0 Å². The molecular weight excluding hydrogens is 639 g/mol. The maximum absolute atomic E-state index is 2.58. The van der Waals surface area contributed by atoms with Crippen molar-refractivity contribution in [3.63, 3.8) is 0 Å². The zero-order chi connectivity index (χ0) is 35.9. The molecule has 1 nitrogen and oxygen atoms in total. The fourth-order valence-corrected chi connectivity index (χ4v) is 12.4. The first-order valence-electron chi connectivity index (χ1n) is 20.1. The molecule has 4 bridgehead atoms. The summed E-state index contributed by atoms with van der Waals surface area (Å²) in [4.78, 5) is 2.57. The molecule has 53 heavy (non-hydrogen) atoms. The van der Waals surface area contributed by atoms with Gasteiger partial charge in [0, 0.05) is 27.8 Å². The predicted octanol–water partition coefficient (Wildman–Crippen LogP) is 13.8. The molecule has 12 rings (SSSR count). The molecule has 4 fully saturated rings. The van der Waals surface area contributed by atoms with Gasteiger partial charge in [0.15, 0.2) is 0 Å². The Hall–Kier alpha value is -4.88. The van der Waals surface area contributed by atoms with Crippen molar-refractivity contribution in [3.05, 3.63) is 161 Å². The summed E-state index contributed by atoms with van der Waals surface area (Å²) in [5.74, 6) is 3.32. The van der Waals surface area contributed by atoms with Crippen molar-refractivity contribution in [1.82, 2.24) is 0 Å². The molecular formula is C52H49N. The summed E-state index contributed by atoms with van der Waals surface area (Å²) in [6, 6.07) is 51.7. The molecule has 0 aliphatic heterocycles. The summed E-state index contributed by atoms with van der Waals surface area (Å²) in [5, 5.41) is 0. The molecule has 6 aromatic carbocycles. The Bertz CT molecular complexity index is 2440. The molecule has 0 aromatic heterocycles. The highest BCUT2D eigenvalue weighted by Gasteiger charge is 2.66. The summed E-state index contributed by atoms with van der Waals surface area (Å²) in [6.45, 7) is 11.7. The normalized spacial score (nSPS) is 25.0. The van der Waals surface area contributed by atoms with Crippen molar-refractivity contribution in [2.75, 3.05) is 4.90 Å². The molecule has 0 saturated heterocycles. The van der Waals surface area contributed by atoms with Gasteiger partial charge >= 0.3 is 0 Å². The zero-order valence-electron chi connectivity index (χ0n) is 31.8. The quantitative estimate of drug-likeness (QED) is 0.178. The van der Waals surface area contributed by atoms with Crippen LogP contribution in [0.25, 0.3) is 33.4 Å². The lowest BCUT2D eigenvalue weighted by molar-refractivity contribution is 0.191. The maximum Gasteiger partial charge on any atom is 0.0543 e. The van der Waals surface area contributed by atoms with Crippen molar-refractivity contribution < 1.29 is 0 Å². The molecule has 0 amide bonds. The topological polar surface area (TPSA) is 3.24 Å². The molecule has 1 heteroatoms. The number of anilines is 3. The monoisotopic (exact) mass is 687 g/mol. The molecule has 6 aliphatic carbocycles. The second kappa shape index (κ2) is 10.8. The molecule has 0 N–H and O–H groups in total. The summed E-state index contributed by atoms with van der Waals surface area (Å²) in [7, 11) is 0. The van der Waals surface area contributed by atoms with Gasteiger partial charge < -0.3 is 4.90 Å². The number of hydrogen-bond acceptors (Lipinski definition) is 1. The van der Waals surface area contributed by atoms with Gasteiger partial charge in [-0.3, -0.25) is 0 Å². The highest BCUT2D eigenvalue weighted by molar-refractivity contribution is 5.96. The van der Waals surface area contributed by atoms with Crippen LogP contribution in [0, 0.1) is 23.7 Å². The average molecular weight is 688 g/mol. The third kappa shape index (κ3) is 4.26. The van der Waals surface area contributed by atoms with E-state index >= 15 is 0 Å². The smallest absolute Gasteiger partial charge is 0.0543 e. The van der Waals surface area contributed by atoms with Crippen molar-refractivity contribution in [1.29, 1.82) is 0 Å². The molecule has 1 spiro atoms. The SMILES string of the molecule is CC(C)(C)c1ccc(N(c2ccc3c(c2)-c2cc(-c4ccccc4)ccc2C32C3CC4CC(C3)C2C4)c2cccc3c2-c2ccccc2C3(C)C)cc1. The van der Waals surface area contributed by atoms with Crippen LogP contribution in [0.4, 0.5) is 17.1 Å². The molecule has 6 aliphatic rings. The number of fused-ring (bicyclic) bond motifs is 6. The van der Waals surface area contributed by atoms with Gasteiger partial charge in [-0.2, -0.15) is 0 Å². The van der Waals surface area contributed by atoms with Crippen LogP contribution in [0.2, 0.25) is 0 Å². The predicted molar refractivity (Wildman–Crippen MR) is 221 cm³/mol. The van der Waals surface area contributed by atoms with E-state index in [-0.39, 0.29) is 16.2 Å². The molecule has 6 aromatic rings. The fraction of sp³-hybridized carbons (Fsp3) is 0.308. The molecule has 5 atom stereocenters. The van der Waals surface area contributed by atoms with E-state index < -0.39 is 0 Å². The van der Waals surface area contributed by atoms with Crippen LogP contribution in [0.15, 0.2) is 133 Å². The minimum Gasteiger partial charge on any atom is -0.310 e. The lowest BCUT2D eigenvalue weighted by Crippen LogP contribution is -2.40. The molecule has 5 unspecified atom stereocenters. The standard InChI is InChI=1S/C52H49N/c1-50(2,3)36-19-21-38(22-20-36)53(48-17-11-16-46-49(48)40-14-9-10-15-43(40)51(46,4)5)39-23-25-45-42(31-39)41-30-34(33-12-7-6-8-13-33)18-24-44(41)52(45)37-27-32-26-35(29-37)47(52)28-32/h6-25,30-32,35,37,47H,26-29H2,1-5H3. The molecule has 262 valence electrons. The van der Waals surface area contributed by atoms with Crippen LogP contribution >= 0.6 is 0 Å². The number of hydrogen-bond donors (Lipinski definition) is 0. The van der Waals surface area contributed by atoms with Gasteiger partial charge in [-0.25, -0.2) is 0 Å². The van der Waals surface area contributed by atoms with Gasteiger partial charge in [0.05, 0.1) is 5.69 Å². The van der Waals surface area contributed by atoms with Crippen LogP contribution < -0.4 is 4.90 Å². The summed E-state index contributed by atoms with van der Waals surface area (Å²) < 4.78 is 0. The highest BCUT2D eigenvalue weighted by atomic mass is 15.1. The van der Waals surface area contributed by atoms with Gasteiger partial charge in [-0.05, 0) is 147 Å². The Kier molecular flexibility index (Phi) is 6.47. The van der Waals surface area contributed by atoms with Crippen molar-refractivity contribution in [2.45, 2.75) is 76.5 Å². The second-order valence-electron chi connectivity index (χ2n) is 18.6. The Morgan fingerprint density at radius 3 is 2.02 bits per heavy atom. The lowest BCUT2D eigenvalue weighted by Gasteiger charge is -2.44. The van der Waals surface area contributed by atoms with E-state index in [2.05, 4.69) is 173 Å². The Balaban J connectivity index is 1.15. The first-order chi connectivity index (χ1) is 25.6. The van der Waals surface area contributed by atoms with E-state index in [1.54, 1.807) is 11.1 Å². The van der Waals surface area contributed by atoms with E-state index in [0.29, 0.717) is 0 Å². The van der Waals surface area contributed by atoms with E-state index in [9.17, 15) is 0 Å². The summed E-state index contributed by atoms with van der Waals surface area (Å²) in [5.41, 5.74) is 19.5. The Morgan fingerprint density at radius 2 is 1.25 bits per heavy atom. The average Bonchev–Trinajstić information content (AvgIpc) is 3.79. The molecule has 4 saturated carbocycles. The van der Waals surface area contributed by atoms with Crippen molar-refractivity contribution in [2.24, 2.45) is 23.7 Å². The Morgan fingerprint density at radius 1 is 0.547 bits per heavy atom. The van der Waals surface area contributed by atoms with Crippen molar-refractivity contribution in [3.8, 4) is 33.4 Å². The third-order valence-corrected chi connectivity index (χ3v) is 14.6. The van der Waals surface area contributed by atoms with Gasteiger partial charge in [-0.1, -0.05) is 132 Å². The van der Waals surface area contributed by atoms with E-state index in [0.717, 1.165) is 23.7 Å². The minimum absolute atomic E-state index is 0.0677. The highest BCUT2D eigenvalue weighted by Crippen LogP contribution is 2.73. The Labute approximate surface area is 315 Å².